The fourth-order valence-corrected chi connectivity index (χ4v) is 4.86. The van der Waals surface area contributed by atoms with Crippen LogP contribution in [0.5, 0.6) is 0 Å². The van der Waals surface area contributed by atoms with Crippen LogP contribution in [-0.2, 0) is 11.2 Å². The van der Waals surface area contributed by atoms with Gasteiger partial charge in [0, 0.05) is 16.9 Å². The summed E-state index contributed by atoms with van der Waals surface area (Å²) in [7, 11) is 1.43. The largest absolute Gasteiger partial charge is 0.464 e. The second kappa shape index (κ2) is 6.25. The molecular formula is C20H26N2O2. The van der Waals surface area contributed by atoms with Crippen molar-refractivity contribution in [1.82, 2.24) is 9.88 Å². The fraction of sp³-hybridized carbons (Fsp3) is 0.550. The number of hydrogen-bond acceptors (Lipinski definition) is 3. The maximum Gasteiger partial charge on any atom is 0.354 e. The van der Waals surface area contributed by atoms with E-state index < -0.39 is 0 Å². The summed E-state index contributed by atoms with van der Waals surface area (Å²) in [5.41, 5.74) is 4.56. The van der Waals surface area contributed by atoms with Crippen LogP contribution in [0.4, 0.5) is 0 Å². The maximum atomic E-state index is 11.8. The Bertz CT molecular complexity index is 762. The molecule has 2 atom stereocenters. The quantitative estimate of drug-likeness (QED) is 0.871. The van der Waals surface area contributed by atoms with Crippen LogP contribution in [0.15, 0.2) is 18.2 Å². The number of rotatable bonds is 3. The number of aromatic nitrogens is 1. The van der Waals surface area contributed by atoms with E-state index in [2.05, 4.69) is 28.9 Å². The van der Waals surface area contributed by atoms with Gasteiger partial charge in [0.1, 0.15) is 5.69 Å². The zero-order chi connectivity index (χ0) is 16.7. The number of benzene rings is 1. The third kappa shape index (κ3) is 2.44. The van der Waals surface area contributed by atoms with Gasteiger partial charge in [0.15, 0.2) is 0 Å². The number of H-pyrrole nitrogens is 1. The van der Waals surface area contributed by atoms with E-state index in [-0.39, 0.29) is 5.97 Å². The number of methoxy groups -OCH3 is 1. The van der Waals surface area contributed by atoms with Crippen molar-refractivity contribution in [1.29, 1.82) is 0 Å². The molecule has 0 bridgehead atoms. The van der Waals surface area contributed by atoms with Gasteiger partial charge in [0.05, 0.1) is 7.11 Å². The van der Waals surface area contributed by atoms with E-state index in [4.69, 9.17) is 4.74 Å². The van der Waals surface area contributed by atoms with Crippen molar-refractivity contribution in [2.45, 2.75) is 51.0 Å². The molecule has 2 aromatic rings. The minimum absolute atomic E-state index is 0.291. The lowest BCUT2D eigenvalue weighted by atomic mass is 9.73. The van der Waals surface area contributed by atoms with Crippen molar-refractivity contribution in [3.8, 4) is 0 Å². The van der Waals surface area contributed by atoms with Crippen LogP contribution < -0.4 is 0 Å². The highest BCUT2D eigenvalue weighted by Gasteiger charge is 2.36. The first kappa shape index (κ1) is 15.7. The average Bonchev–Trinajstić information content (AvgIpc) is 3.05. The first-order valence-corrected chi connectivity index (χ1v) is 9.19. The molecule has 4 rings (SSSR count). The van der Waals surface area contributed by atoms with Gasteiger partial charge in [0.2, 0.25) is 0 Å². The average molecular weight is 326 g/mol. The number of ether oxygens (including phenoxy) is 1. The first-order valence-electron chi connectivity index (χ1n) is 9.19. The number of carbonyl (C=O) groups excluding carboxylic acids is 1. The molecule has 0 spiro atoms. The summed E-state index contributed by atoms with van der Waals surface area (Å²) in [6.07, 6.45) is 6.15. The van der Waals surface area contributed by atoms with Crippen molar-refractivity contribution in [3.05, 3.63) is 35.0 Å². The zero-order valence-electron chi connectivity index (χ0n) is 14.6. The van der Waals surface area contributed by atoms with Crippen LogP contribution in [0.1, 0.15) is 60.1 Å². The summed E-state index contributed by atoms with van der Waals surface area (Å²) in [6, 6.07) is 7.11. The lowest BCUT2D eigenvalue weighted by molar-refractivity contribution is 0.0595. The van der Waals surface area contributed by atoms with Crippen LogP contribution in [0, 0.1) is 0 Å². The van der Waals surface area contributed by atoms with Gasteiger partial charge in [-0.1, -0.05) is 13.0 Å². The second-order valence-corrected chi connectivity index (χ2v) is 7.16. The van der Waals surface area contributed by atoms with Crippen LogP contribution in [-0.4, -0.2) is 42.1 Å². The first-order chi connectivity index (χ1) is 11.7. The summed E-state index contributed by atoms with van der Waals surface area (Å²) in [5.74, 6) is 0.357. The number of aromatic amines is 1. The van der Waals surface area contributed by atoms with Gasteiger partial charge in [0.25, 0.3) is 0 Å². The minimum Gasteiger partial charge on any atom is -0.464 e. The lowest BCUT2D eigenvalue weighted by Gasteiger charge is -2.45. The number of piperidine rings is 1. The van der Waals surface area contributed by atoms with Crippen LogP contribution in [0.3, 0.4) is 0 Å². The molecular weight excluding hydrogens is 300 g/mol. The molecule has 0 saturated carbocycles. The predicted molar refractivity (Wildman–Crippen MR) is 95.6 cm³/mol. The van der Waals surface area contributed by atoms with E-state index >= 15 is 0 Å². The van der Waals surface area contributed by atoms with Gasteiger partial charge >= 0.3 is 5.97 Å². The molecule has 2 heterocycles. The molecule has 4 heteroatoms. The van der Waals surface area contributed by atoms with E-state index in [1.165, 1.54) is 62.4 Å². The SMILES string of the molecule is CCCN1CCCC2c3ccc4[nH]c(C(=O)OC)cc4c3CCC21. The highest BCUT2D eigenvalue weighted by atomic mass is 16.5. The molecule has 24 heavy (non-hydrogen) atoms. The Morgan fingerprint density at radius 2 is 2.25 bits per heavy atom. The Kier molecular flexibility index (Phi) is 4.09. The molecule has 1 saturated heterocycles. The van der Waals surface area contributed by atoms with Crippen molar-refractivity contribution < 1.29 is 9.53 Å². The Morgan fingerprint density at radius 3 is 3.04 bits per heavy atom. The smallest absolute Gasteiger partial charge is 0.354 e. The Hall–Kier alpha value is -1.81. The van der Waals surface area contributed by atoms with E-state index in [0.29, 0.717) is 17.7 Å². The highest BCUT2D eigenvalue weighted by molar-refractivity contribution is 5.96. The number of fused-ring (bicyclic) bond motifs is 5. The number of likely N-dealkylation sites (tertiary alicyclic amines) is 1. The molecule has 1 aromatic heterocycles. The van der Waals surface area contributed by atoms with Gasteiger partial charge in [-0.05, 0) is 74.4 Å². The number of carbonyl (C=O) groups is 1. The van der Waals surface area contributed by atoms with Crippen LogP contribution in [0.2, 0.25) is 0 Å². The highest BCUT2D eigenvalue weighted by Crippen LogP contribution is 2.43. The normalized spacial score (nSPS) is 23.8. The molecule has 1 aromatic carbocycles. The molecule has 128 valence electrons. The predicted octanol–water partition coefficient (Wildman–Crippen LogP) is 3.86. The van der Waals surface area contributed by atoms with Gasteiger partial charge in [-0.3, -0.25) is 4.90 Å². The van der Waals surface area contributed by atoms with E-state index in [0.717, 1.165) is 11.9 Å². The standard InChI is InChI=1S/C20H26N2O2/c1-3-10-22-11-4-5-15-13-6-8-17-16(14(13)7-9-19(15)22)12-18(21-17)20(23)24-2/h6,8,12,15,19,21H,3-5,7,9-11H2,1-2H3. The molecule has 4 nitrogen and oxygen atoms in total. The number of hydrogen-bond donors (Lipinski definition) is 1. The van der Waals surface area contributed by atoms with Gasteiger partial charge in [-0.15, -0.1) is 0 Å². The van der Waals surface area contributed by atoms with E-state index in [1.807, 2.05) is 6.07 Å². The summed E-state index contributed by atoms with van der Waals surface area (Å²) in [6.45, 7) is 4.75. The summed E-state index contributed by atoms with van der Waals surface area (Å²) in [4.78, 5) is 17.8. The number of nitrogens with zero attached hydrogens (tertiary/aromatic N) is 1. The Labute approximate surface area is 143 Å². The third-order valence-corrected chi connectivity index (χ3v) is 5.85. The van der Waals surface area contributed by atoms with Crippen LogP contribution in [0.25, 0.3) is 10.9 Å². The van der Waals surface area contributed by atoms with Crippen molar-refractivity contribution in [2.24, 2.45) is 0 Å². The number of esters is 1. The molecule has 1 N–H and O–H groups in total. The number of aryl methyl sites for hydroxylation is 1. The lowest BCUT2D eigenvalue weighted by Crippen LogP contribution is -2.46. The second-order valence-electron chi connectivity index (χ2n) is 7.16. The monoisotopic (exact) mass is 326 g/mol. The van der Waals surface area contributed by atoms with E-state index in [1.54, 1.807) is 0 Å². The van der Waals surface area contributed by atoms with Crippen LogP contribution >= 0.6 is 0 Å². The topological polar surface area (TPSA) is 45.3 Å². The minimum atomic E-state index is -0.291. The van der Waals surface area contributed by atoms with Crippen molar-refractivity contribution in [3.63, 3.8) is 0 Å². The molecule has 1 aliphatic heterocycles. The molecule has 0 amide bonds. The molecule has 2 unspecified atom stereocenters. The van der Waals surface area contributed by atoms with Crippen molar-refractivity contribution >= 4 is 16.9 Å². The Morgan fingerprint density at radius 1 is 1.38 bits per heavy atom. The molecule has 1 aliphatic carbocycles. The molecule has 2 aliphatic rings. The Balaban J connectivity index is 1.74. The summed E-state index contributed by atoms with van der Waals surface area (Å²) >= 11 is 0. The fourth-order valence-electron chi connectivity index (χ4n) is 4.86. The summed E-state index contributed by atoms with van der Waals surface area (Å²) in [5, 5.41) is 1.21. The zero-order valence-corrected chi connectivity index (χ0v) is 14.6. The van der Waals surface area contributed by atoms with Gasteiger partial charge in [-0.25, -0.2) is 4.79 Å². The van der Waals surface area contributed by atoms with E-state index in [9.17, 15) is 4.79 Å². The summed E-state index contributed by atoms with van der Waals surface area (Å²) < 4.78 is 4.86. The molecule has 0 radical (unpaired) electrons. The van der Waals surface area contributed by atoms with Gasteiger partial charge < -0.3 is 9.72 Å². The third-order valence-electron chi connectivity index (χ3n) is 5.85. The van der Waals surface area contributed by atoms with Crippen molar-refractivity contribution in [2.75, 3.05) is 20.2 Å². The molecule has 1 fully saturated rings. The van der Waals surface area contributed by atoms with Gasteiger partial charge in [-0.2, -0.15) is 0 Å². The maximum absolute atomic E-state index is 11.8. The number of nitrogens with one attached hydrogen (secondary N) is 1.